The number of carbonyl (C=O) groups is 2. The van der Waals surface area contributed by atoms with Crippen molar-refractivity contribution in [3.63, 3.8) is 0 Å². The largest absolute Gasteiger partial charge is 0.344 e. The monoisotopic (exact) mass is 393 g/mol. The summed E-state index contributed by atoms with van der Waals surface area (Å²) in [6.07, 6.45) is 7.31. The van der Waals surface area contributed by atoms with Gasteiger partial charge in [0.25, 0.3) is 0 Å². The minimum Gasteiger partial charge on any atom is -0.344 e. The van der Waals surface area contributed by atoms with Crippen LogP contribution in [-0.4, -0.2) is 71.6 Å². The van der Waals surface area contributed by atoms with Crippen molar-refractivity contribution in [2.45, 2.75) is 57.9 Å². The van der Waals surface area contributed by atoms with Gasteiger partial charge in [-0.25, -0.2) is 0 Å². The molecule has 8 heteroatoms. The Hall–Kier alpha value is -1.54. The maximum absolute atomic E-state index is 12.8. The Morgan fingerprint density at radius 1 is 1.22 bits per heavy atom. The number of anilines is 1. The van der Waals surface area contributed by atoms with Gasteiger partial charge in [0.2, 0.25) is 16.9 Å². The van der Waals surface area contributed by atoms with Crippen molar-refractivity contribution < 1.29 is 9.59 Å². The molecule has 0 N–H and O–H groups in total. The van der Waals surface area contributed by atoms with E-state index in [2.05, 4.69) is 29.1 Å². The summed E-state index contributed by atoms with van der Waals surface area (Å²) >= 11 is 1.46. The molecule has 1 aliphatic carbocycles. The van der Waals surface area contributed by atoms with Gasteiger partial charge in [0, 0.05) is 45.6 Å². The smallest absolute Gasteiger partial charge is 0.229 e. The second kappa shape index (κ2) is 9.10. The molecule has 1 atom stereocenters. The number of aryl methyl sites for hydroxylation is 1. The molecule has 1 saturated heterocycles. The number of hydrogen-bond acceptors (Lipinski definition) is 6. The van der Waals surface area contributed by atoms with E-state index in [0.717, 1.165) is 24.4 Å². The number of carbonyl (C=O) groups excluding carboxylic acids is 2. The zero-order valence-corrected chi connectivity index (χ0v) is 17.5. The molecule has 0 radical (unpaired) electrons. The highest BCUT2D eigenvalue weighted by Gasteiger charge is 2.38. The molecule has 150 valence electrons. The van der Waals surface area contributed by atoms with E-state index >= 15 is 0 Å². The van der Waals surface area contributed by atoms with Crippen LogP contribution in [0.2, 0.25) is 0 Å². The summed E-state index contributed by atoms with van der Waals surface area (Å²) in [4.78, 5) is 31.0. The molecule has 0 spiro atoms. The average molecular weight is 394 g/mol. The fourth-order valence-electron chi connectivity index (χ4n) is 3.98. The quantitative estimate of drug-likeness (QED) is 0.677. The number of aromatic nitrogens is 2. The third-order valence-corrected chi connectivity index (χ3v) is 6.74. The SMILES string of the molecule is CCCc1nnc(N2CC(C(=O)N(C)CCN(C)C3CCCC3)CC2=O)s1. The van der Waals surface area contributed by atoms with Gasteiger partial charge >= 0.3 is 0 Å². The van der Waals surface area contributed by atoms with E-state index in [1.54, 1.807) is 9.80 Å². The van der Waals surface area contributed by atoms with E-state index in [1.165, 1.54) is 37.0 Å². The van der Waals surface area contributed by atoms with Crippen molar-refractivity contribution in [2.24, 2.45) is 5.92 Å². The molecule has 2 aliphatic rings. The molecule has 1 aromatic heterocycles. The van der Waals surface area contributed by atoms with Crippen LogP contribution in [0.15, 0.2) is 0 Å². The van der Waals surface area contributed by atoms with E-state index in [9.17, 15) is 9.59 Å². The van der Waals surface area contributed by atoms with Crippen LogP contribution < -0.4 is 4.90 Å². The van der Waals surface area contributed by atoms with Gasteiger partial charge < -0.3 is 9.80 Å². The molecule has 1 aliphatic heterocycles. The van der Waals surface area contributed by atoms with Gasteiger partial charge in [0.1, 0.15) is 5.01 Å². The zero-order chi connectivity index (χ0) is 19.4. The molecule has 3 rings (SSSR count). The highest BCUT2D eigenvalue weighted by Crippen LogP contribution is 2.29. The highest BCUT2D eigenvalue weighted by atomic mass is 32.1. The van der Waals surface area contributed by atoms with Gasteiger partial charge in [-0.2, -0.15) is 0 Å². The highest BCUT2D eigenvalue weighted by molar-refractivity contribution is 7.15. The van der Waals surface area contributed by atoms with E-state index in [-0.39, 0.29) is 24.2 Å². The standard InChI is InChI=1S/C19H31N5O2S/c1-4-7-16-20-21-19(27-16)24-13-14(12-17(24)25)18(26)23(3)11-10-22(2)15-8-5-6-9-15/h14-15H,4-13H2,1-3H3. The van der Waals surface area contributed by atoms with Crippen molar-refractivity contribution in [1.29, 1.82) is 0 Å². The fraction of sp³-hybridized carbons (Fsp3) is 0.789. The molecule has 27 heavy (non-hydrogen) atoms. The minimum absolute atomic E-state index is 0.0241. The van der Waals surface area contributed by atoms with E-state index in [0.29, 0.717) is 24.3 Å². The van der Waals surface area contributed by atoms with Gasteiger partial charge in [-0.15, -0.1) is 10.2 Å². The first-order chi connectivity index (χ1) is 13.0. The predicted octanol–water partition coefficient (Wildman–Crippen LogP) is 2.18. The molecular weight excluding hydrogens is 362 g/mol. The molecule has 2 heterocycles. The molecule has 1 aromatic rings. The first-order valence-corrected chi connectivity index (χ1v) is 10.9. The number of hydrogen-bond donors (Lipinski definition) is 0. The lowest BCUT2D eigenvalue weighted by Gasteiger charge is -2.27. The van der Waals surface area contributed by atoms with Crippen molar-refractivity contribution in [3.05, 3.63) is 5.01 Å². The van der Waals surface area contributed by atoms with Crippen molar-refractivity contribution in [3.8, 4) is 0 Å². The lowest BCUT2D eigenvalue weighted by Crippen LogP contribution is -2.41. The Balaban J connectivity index is 1.51. The Morgan fingerprint density at radius 3 is 2.67 bits per heavy atom. The lowest BCUT2D eigenvalue weighted by molar-refractivity contribution is -0.134. The first kappa shape index (κ1) is 20.2. The molecule has 7 nitrogen and oxygen atoms in total. The van der Waals surface area contributed by atoms with Crippen molar-refractivity contribution >= 4 is 28.3 Å². The molecular formula is C19H31N5O2S. The summed E-state index contributed by atoms with van der Waals surface area (Å²) in [6.45, 7) is 4.10. The van der Waals surface area contributed by atoms with Crippen LogP contribution in [0, 0.1) is 5.92 Å². The van der Waals surface area contributed by atoms with Gasteiger partial charge in [0.15, 0.2) is 0 Å². The molecule has 1 saturated carbocycles. The minimum atomic E-state index is -0.280. The van der Waals surface area contributed by atoms with Gasteiger partial charge in [-0.1, -0.05) is 31.1 Å². The van der Waals surface area contributed by atoms with Crippen LogP contribution in [0.5, 0.6) is 0 Å². The topological polar surface area (TPSA) is 69.6 Å². The number of rotatable bonds is 8. The first-order valence-electron chi connectivity index (χ1n) is 10.1. The normalized spacial score (nSPS) is 20.8. The van der Waals surface area contributed by atoms with Gasteiger partial charge in [-0.05, 0) is 26.3 Å². The number of nitrogens with zero attached hydrogens (tertiary/aromatic N) is 5. The lowest BCUT2D eigenvalue weighted by atomic mass is 10.1. The van der Waals surface area contributed by atoms with Gasteiger partial charge in [-0.3, -0.25) is 14.5 Å². The summed E-state index contributed by atoms with van der Waals surface area (Å²) < 4.78 is 0. The maximum Gasteiger partial charge on any atom is 0.229 e. The van der Waals surface area contributed by atoms with Gasteiger partial charge in [0.05, 0.1) is 5.92 Å². The molecule has 2 amide bonds. The zero-order valence-electron chi connectivity index (χ0n) is 16.7. The van der Waals surface area contributed by atoms with Crippen molar-refractivity contribution in [1.82, 2.24) is 20.0 Å². The summed E-state index contributed by atoms with van der Waals surface area (Å²) in [5.74, 6) is -0.245. The Labute approximate surface area is 165 Å². The molecule has 1 unspecified atom stereocenters. The molecule has 0 aromatic carbocycles. The predicted molar refractivity (Wildman–Crippen MR) is 107 cm³/mol. The van der Waals surface area contributed by atoms with E-state index in [4.69, 9.17) is 0 Å². The summed E-state index contributed by atoms with van der Waals surface area (Å²) in [5, 5.41) is 9.88. The second-order valence-electron chi connectivity index (χ2n) is 7.81. The number of amides is 2. The second-order valence-corrected chi connectivity index (χ2v) is 8.85. The van der Waals surface area contributed by atoms with E-state index in [1.807, 2.05) is 7.05 Å². The average Bonchev–Trinajstić information content (AvgIpc) is 3.39. The van der Waals surface area contributed by atoms with Crippen molar-refractivity contribution in [2.75, 3.05) is 38.6 Å². The molecule has 0 bridgehead atoms. The van der Waals surface area contributed by atoms with Crippen LogP contribution in [0.4, 0.5) is 5.13 Å². The molecule has 2 fully saturated rings. The summed E-state index contributed by atoms with van der Waals surface area (Å²) in [5.41, 5.74) is 0. The Morgan fingerprint density at radius 2 is 1.96 bits per heavy atom. The van der Waals surface area contributed by atoms with Crippen LogP contribution in [0.1, 0.15) is 50.5 Å². The van der Waals surface area contributed by atoms with Crippen LogP contribution in [-0.2, 0) is 16.0 Å². The van der Waals surface area contributed by atoms with Crippen LogP contribution >= 0.6 is 11.3 Å². The summed E-state index contributed by atoms with van der Waals surface area (Å²) in [6, 6.07) is 0.659. The Kier molecular flexibility index (Phi) is 6.81. The van der Waals surface area contributed by atoms with E-state index < -0.39 is 0 Å². The Bertz CT molecular complexity index is 658. The van der Waals surface area contributed by atoms with Crippen LogP contribution in [0.3, 0.4) is 0 Å². The third kappa shape index (κ3) is 4.85. The third-order valence-electron chi connectivity index (χ3n) is 5.74. The van der Waals surface area contributed by atoms with Crippen LogP contribution in [0.25, 0.3) is 0 Å². The maximum atomic E-state index is 12.8. The number of likely N-dealkylation sites (N-methyl/N-ethyl adjacent to an activating group) is 2. The summed E-state index contributed by atoms with van der Waals surface area (Å²) in [7, 11) is 4.00. The fourth-order valence-corrected chi connectivity index (χ4v) is 4.95.